The van der Waals surface area contributed by atoms with E-state index in [1.54, 1.807) is 18.4 Å². The zero-order valence-electron chi connectivity index (χ0n) is 11.3. The second-order valence-corrected chi connectivity index (χ2v) is 5.39. The summed E-state index contributed by atoms with van der Waals surface area (Å²) < 4.78 is 5.22. The first kappa shape index (κ1) is 14.1. The zero-order chi connectivity index (χ0) is 13.5. The summed E-state index contributed by atoms with van der Waals surface area (Å²) in [6.07, 6.45) is 4.49. The zero-order valence-corrected chi connectivity index (χ0v) is 12.2. The van der Waals surface area contributed by atoms with E-state index in [1.807, 2.05) is 24.5 Å². The highest BCUT2D eigenvalue weighted by molar-refractivity contribution is 7.11. The van der Waals surface area contributed by atoms with Crippen LogP contribution in [0.15, 0.2) is 24.5 Å². The number of methoxy groups -OCH3 is 1. The third kappa shape index (κ3) is 4.09. The summed E-state index contributed by atoms with van der Waals surface area (Å²) in [5.41, 5.74) is 2.29. The first-order chi connectivity index (χ1) is 9.33. The maximum absolute atomic E-state index is 5.22. The van der Waals surface area contributed by atoms with Gasteiger partial charge in [0.25, 0.3) is 0 Å². The number of ether oxygens (including phenoxy) is 1. The lowest BCUT2D eigenvalue weighted by atomic mass is 10.2. The largest absolute Gasteiger partial charge is 0.378 e. The topological polar surface area (TPSA) is 47.0 Å². The number of thiazole rings is 1. The molecule has 0 bridgehead atoms. The summed E-state index contributed by atoms with van der Waals surface area (Å²) in [6.45, 7) is 4.51. The van der Waals surface area contributed by atoms with Crippen LogP contribution in [0.4, 0.5) is 0 Å². The molecule has 0 spiro atoms. The van der Waals surface area contributed by atoms with E-state index in [0.717, 1.165) is 30.2 Å². The van der Waals surface area contributed by atoms with Gasteiger partial charge in [0.15, 0.2) is 0 Å². The first-order valence-corrected chi connectivity index (χ1v) is 7.21. The van der Waals surface area contributed by atoms with Crippen molar-refractivity contribution in [3.05, 3.63) is 45.7 Å². The highest BCUT2D eigenvalue weighted by Gasteiger charge is 2.11. The van der Waals surface area contributed by atoms with Gasteiger partial charge >= 0.3 is 0 Å². The second kappa shape index (κ2) is 7.33. The normalized spacial score (nSPS) is 10.8. The average Bonchev–Trinajstić information content (AvgIpc) is 2.80. The fraction of sp³-hybridized carbons (Fsp3) is 0.429. The molecule has 0 atom stereocenters. The maximum Gasteiger partial charge on any atom is 0.0976 e. The van der Waals surface area contributed by atoms with E-state index < -0.39 is 0 Å². The van der Waals surface area contributed by atoms with E-state index in [2.05, 4.69) is 22.2 Å². The summed E-state index contributed by atoms with van der Waals surface area (Å²) in [7, 11) is 1.71. The van der Waals surface area contributed by atoms with Gasteiger partial charge in [-0.2, -0.15) is 0 Å². The van der Waals surface area contributed by atoms with Crippen molar-refractivity contribution in [1.82, 2.24) is 15.3 Å². The molecule has 0 amide bonds. The van der Waals surface area contributed by atoms with Crippen LogP contribution in [-0.4, -0.2) is 23.6 Å². The van der Waals surface area contributed by atoms with E-state index in [1.165, 1.54) is 10.4 Å². The third-order valence-electron chi connectivity index (χ3n) is 2.74. The third-order valence-corrected chi connectivity index (χ3v) is 3.84. The molecule has 0 fully saturated rings. The number of aromatic nitrogens is 2. The van der Waals surface area contributed by atoms with Crippen LogP contribution in [0.5, 0.6) is 0 Å². The lowest BCUT2D eigenvalue weighted by Gasteiger charge is -2.00. The molecule has 2 aromatic rings. The molecule has 2 heterocycles. The van der Waals surface area contributed by atoms with E-state index in [0.29, 0.717) is 6.61 Å². The molecule has 0 aliphatic rings. The van der Waals surface area contributed by atoms with Crippen molar-refractivity contribution >= 4 is 11.3 Å². The van der Waals surface area contributed by atoms with Gasteiger partial charge in [-0.1, -0.05) is 6.92 Å². The second-order valence-electron chi connectivity index (χ2n) is 4.22. The van der Waals surface area contributed by atoms with Gasteiger partial charge in [0.2, 0.25) is 0 Å². The summed E-state index contributed by atoms with van der Waals surface area (Å²) >= 11 is 1.76. The molecular formula is C14H19N3OS. The molecule has 0 unspecified atom stereocenters. The van der Waals surface area contributed by atoms with E-state index in [4.69, 9.17) is 4.74 Å². The number of hydrogen-bond donors (Lipinski definition) is 1. The monoisotopic (exact) mass is 277 g/mol. The van der Waals surface area contributed by atoms with Crippen LogP contribution in [0.1, 0.15) is 28.1 Å². The number of hydrogen-bond acceptors (Lipinski definition) is 5. The van der Waals surface area contributed by atoms with E-state index in [-0.39, 0.29) is 0 Å². The summed E-state index contributed by atoms with van der Waals surface area (Å²) in [6, 6.07) is 4.06. The standard InChI is InChI=1S/C14H19N3OS/c1-3-15-9-13-12(10-18-2)17-14(19-13)8-11-4-6-16-7-5-11/h4-7,15H,3,8-10H2,1-2H3. The SMILES string of the molecule is CCNCc1sc(Cc2ccncc2)nc1COC. The smallest absolute Gasteiger partial charge is 0.0976 e. The van der Waals surface area contributed by atoms with Gasteiger partial charge in [-0.05, 0) is 24.2 Å². The van der Waals surface area contributed by atoms with Crippen molar-refractivity contribution < 1.29 is 4.74 Å². The number of nitrogens with one attached hydrogen (secondary N) is 1. The molecule has 102 valence electrons. The predicted molar refractivity (Wildman–Crippen MR) is 77.3 cm³/mol. The molecule has 0 radical (unpaired) electrons. The van der Waals surface area contributed by atoms with Crippen LogP contribution in [0.25, 0.3) is 0 Å². The number of rotatable bonds is 7. The fourth-order valence-corrected chi connectivity index (χ4v) is 2.89. The quantitative estimate of drug-likeness (QED) is 0.844. The van der Waals surface area contributed by atoms with Gasteiger partial charge in [-0.15, -0.1) is 11.3 Å². The molecule has 4 nitrogen and oxygen atoms in total. The molecule has 0 aromatic carbocycles. The Balaban J connectivity index is 2.12. The van der Waals surface area contributed by atoms with Gasteiger partial charge in [-0.3, -0.25) is 4.98 Å². The molecule has 5 heteroatoms. The highest BCUT2D eigenvalue weighted by Crippen LogP contribution is 2.21. The van der Waals surface area contributed by atoms with Gasteiger partial charge in [0.05, 0.1) is 17.3 Å². The Morgan fingerprint density at radius 2 is 2.11 bits per heavy atom. The molecule has 1 N–H and O–H groups in total. The Kier molecular flexibility index (Phi) is 5.44. The van der Waals surface area contributed by atoms with Gasteiger partial charge < -0.3 is 10.1 Å². The minimum Gasteiger partial charge on any atom is -0.378 e. The number of nitrogens with zero attached hydrogens (tertiary/aromatic N) is 2. The highest BCUT2D eigenvalue weighted by atomic mass is 32.1. The Bertz CT molecular complexity index is 499. The van der Waals surface area contributed by atoms with Gasteiger partial charge in [0.1, 0.15) is 0 Å². The Morgan fingerprint density at radius 3 is 2.79 bits per heavy atom. The molecule has 19 heavy (non-hydrogen) atoms. The molecule has 0 aliphatic heterocycles. The lowest BCUT2D eigenvalue weighted by Crippen LogP contribution is -2.12. The van der Waals surface area contributed by atoms with Crippen LogP contribution in [-0.2, 0) is 24.3 Å². The van der Waals surface area contributed by atoms with Crippen LogP contribution < -0.4 is 5.32 Å². The fourth-order valence-electron chi connectivity index (χ4n) is 1.81. The molecule has 0 saturated heterocycles. The summed E-state index contributed by atoms with van der Waals surface area (Å²) in [5.74, 6) is 0. The van der Waals surface area contributed by atoms with Crippen LogP contribution >= 0.6 is 11.3 Å². The predicted octanol–water partition coefficient (Wildman–Crippen LogP) is 2.38. The molecule has 0 aliphatic carbocycles. The van der Waals surface area contributed by atoms with Crippen LogP contribution in [0.3, 0.4) is 0 Å². The number of pyridine rings is 1. The maximum atomic E-state index is 5.22. The minimum absolute atomic E-state index is 0.577. The van der Waals surface area contributed by atoms with Gasteiger partial charge in [-0.25, -0.2) is 4.98 Å². The minimum atomic E-state index is 0.577. The molecule has 2 rings (SSSR count). The molecule has 2 aromatic heterocycles. The van der Waals surface area contributed by atoms with Crippen molar-refractivity contribution in [3.63, 3.8) is 0 Å². The molecule has 0 saturated carbocycles. The van der Waals surface area contributed by atoms with E-state index >= 15 is 0 Å². The Morgan fingerprint density at radius 1 is 1.32 bits per heavy atom. The van der Waals surface area contributed by atoms with Crippen molar-refractivity contribution in [2.24, 2.45) is 0 Å². The van der Waals surface area contributed by atoms with Crippen LogP contribution in [0.2, 0.25) is 0 Å². The molecular weight excluding hydrogens is 258 g/mol. The summed E-state index contributed by atoms with van der Waals surface area (Å²) in [5, 5.41) is 4.48. The first-order valence-electron chi connectivity index (χ1n) is 6.39. The lowest BCUT2D eigenvalue weighted by molar-refractivity contribution is 0.181. The van der Waals surface area contributed by atoms with Gasteiger partial charge in [0, 0.05) is 37.3 Å². The Hall–Kier alpha value is -1.30. The van der Waals surface area contributed by atoms with Crippen molar-refractivity contribution in [1.29, 1.82) is 0 Å². The van der Waals surface area contributed by atoms with Crippen LogP contribution in [0, 0.1) is 0 Å². The average molecular weight is 277 g/mol. The van der Waals surface area contributed by atoms with Crippen molar-refractivity contribution in [2.75, 3.05) is 13.7 Å². The van der Waals surface area contributed by atoms with Crippen molar-refractivity contribution in [2.45, 2.75) is 26.5 Å². The summed E-state index contributed by atoms with van der Waals surface area (Å²) in [4.78, 5) is 9.99. The van der Waals surface area contributed by atoms with E-state index in [9.17, 15) is 0 Å². The Labute approximate surface area is 117 Å². The van der Waals surface area contributed by atoms with Crippen molar-refractivity contribution in [3.8, 4) is 0 Å².